The Morgan fingerprint density at radius 2 is 2.08 bits per heavy atom. The molecule has 3 rings (SSSR count). The van der Waals surface area contributed by atoms with Gasteiger partial charge in [0.05, 0.1) is 22.6 Å². The largest absolute Gasteiger partial charge is 0.376 e. The number of carbonyl (C=O) groups excluding carboxylic acids is 2. The Bertz CT molecular complexity index is 808. The highest BCUT2D eigenvalue weighted by Crippen LogP contribution is 2.33. The summed E-state index contributed by atoms with van der Waals surface area (Å²) in [5.41, 5.74) is 0.588. The molecule has 0 bridgehead atoms. The average molecular weight is 402 g/mol. The first-order valence-electron chi connectivity index (χ1n) is 8.37. The van der Waals surface area contributed by atoms with Crippen LogP contribution in [0.3, 0.4) is 0 Å². The minimum absolute atomic E-state index is 0.0609. The second kappa shape index (κ2) is 7.81. The van der Waals surface area contributed by atoms with E-state index in [9.17, 15) is 18.0 Å². The summed E-state index contributed by atoms with van der Waals surface area (Å²) in [5, 5.41) is 5.25. The smallest absolute Gasteiger partial charge is 0.313 e. The Morgan fingerprint density at radius 3 is 2.73 bits per heavy atom. The number of ether oxygens (including phenoxy) is 1. The van der Waals surface area contributed by atoms with Gasteiger partial charge in [0.2, 0.25) is 10.0 Å². The molecule has 10 heteroatoms. The van der Waals surface area contributed by atoms with E-state index in [1.807, 2.05) is 0 Å². The van der Waals surface area contributed by atoms with Crippen LogP contribution in [0.5, 0.6) is 0 Å². The van der Waals surface area contributed by atoms with Crippen molar-refractivity contribution in [1.29, 1.82) is 0 Å². The van der Waals surface area contributed by atoms with Crippen LogP contribution in [-0.4, -0.2) is 51.8 Å². The number of nitrogens with one attached hydrogen (secondary N) is 2. The molecule has 142 valence electrons. The van der Waals surface area contributed by atoms with Gasteiger partial charge >= 0.3 is 11.8 Å². The lowest BCUT2D eigenvalue weighted by Gasteiger charge is -2.19. The monoisotopic (exact) mass is 401 g/mol. The Balaban J connectivity index is 1.65. The molecule has 0 spiro atoms. The predicted octanol–water partition coefficient (Wildman–Crippen LogP) is 1.11. The standard InChI is InChI=1S/C16H20ClN3O5S/c17-13-5-4-11(9-14(13)20-6-2-8-26(20,23)24)19-16(22)15(21)18-10-12-3-1-7-25-12/h4-5,9,12H,1-3,6-8,10H2,(H,18,21)(H,19,22)/t12-/m1/s1. The number of hydrogen-bond acceptors (Lipinski definition) is 5. The van der Waals surface area contributed by atoms with Crippen molar-refractivity contribution in [3.05, 3.63) is 23.2 Å². The molecule has 2 N–H and O–H groups in total. The van der Waals surface area contributed by atoms with Gasteiger partial charge in [-0.2, -0.15) is 0 Å². The van der Waals surface area contributed by atoms with Crippen LogP contribution < -0.4 is 14.9 Å². The SMILES string of the molecule is O=C(NC[C@H]1CCCO1)C(=O)Nc1ccc(Cl)c(N2CCCS2(=O)=O)c1. The van der Waals surface area contributed by atoms with Gasteiger partial charge in [0.1, 0.15) is 0 Å². The van der Waals surface area contributed by atoms with E-state index >= 15 is 0 Å². The van der Waals surface area contributed by atoms with Crippen molar-refractivity contribution in [1.82, 2.24) is 5.32 Å². The summed E-state index contributed by atoms with van der Waals surface area (Å²) in [5.74, 6) is -1.54. The zero-order chi connectivity index (χ0) is 18.7. The van der Waals surface area contributed by atoms with Crippen LogP contribution in [0.15, 0.2) is 18.2 Å². The summed E-state index contributed by atoms with van der Waals surface area (Å²) in [6, 6.07) is 4.46. The van der Waals surface area contributed by atoms with E-state index in [1.165, 1.54) is 22.5 Å². The molecule has 2 fully saturated rings. The molecule has 0 saturated carbocycles. The van der Waals surface area contributed by atoms with Crippen LogP contribution in [0.25, 0.3) is 0 Å². The summed E-state index contributed by atoms with van der Waals surface area (Å²) in [4.78, 5) is 23.9. The van der Waals surface area contributed by atoms with Gasteiger partial charge in [0, 0.05) is 25.4 Å². The molecule has 2 saturated heterocycles. The van der Waals surface area contributed by atoms with Crippen molar-refractivity contribution >= 4 is 44.8 Å². The molecule has 0 aromatic heterocycles. The number of nitrogens with zero attached hydrogens (tertiary/aromatic N) is 1. The summed E-state index contributed by atoms with van der Waals surface area (Å²) in [6.45, 7) is 1.28. The van der Waals surface area contributed by atoms with Crippen LogP contribution in [0, 0.1) is 0 Å². The average Bonchev–Trinajstić information content (AvgIpc) is 3.23. The van der Waals surface area contributed by atoms with Crippen LogP contribution >= 0.6 is 11.6 Å². The molecule has 1 aromatic rings. The van der Waals surface area contributed by atoms with E-state index in [1.54, 1.807) is 0 Å². The van der Waals surface area contributed by atoms with Gasteiger partial charge in [-0.05, 0) is 37.5 Å². The lowest BCUT2D eigenvalue weighted by Crippen LogP contribution is -2.39. The van der Waals surface area contributed by atoms with E-state index in [2.05, 4.69) is 10.6 Å². The van der Waals surface area contributed by atoms with E-state index in [4.69, 9.17) is 16.3 Å². The molecule has 2 aliphatic rings. The van der Waals surface area contributed by atoms with Gasteiger partial charge in [0.25, 0.3) is 0 Å². The first kappa shape index (κ1) is 18.9. The van der Waals surface area contributed by atoms with Crippen molar-refractivity contribution in [2.24, 2.45) is 0 Å². The maximum absolute atomic E-state index is 12.1. The number of sulfonamides is 1. The minimum Gasteiger partial charge on any atom is -0.376 e. The minimum atomic E-state index is -3.40. The second-order valence-corrected chi connectivity index (χ2v) is 8.63. The van der Waals surface area contributed by atoms with Gasteiger partial charge in [-0.25, -0.2) is 8.42 Å². The molecule has 8 nitrogen and oxygen atoms in total. The third-order valence-corrected chi connectivity index (χ3v) is 6.47. The summed E-state index contributed by atoms with van der Waals surface area (Å²) >= 11 is 6.11. The third-order valence-electron chi connectivity index (χ3n) is 4.29. The summed E-state index contributed by atoms with van der Waals surface area (Å²) < 4.78 is 30.8. The first-order chi connectivity index (χ1) is 12.4. The van der Waals surface area contributed by atoms with Crippen molar-refractivity contribution in [2.45, 2.75) is 25.4 Å². The Labute approximate surface area is 156 Å². The van der Waals surface area contributed by atoms with Crippen LogP contribution in [0.1, 0.15) is 19.3 Å². The van der Waals surface area contributed by atoms with Gasteiger partial charge in [-0.3, -0.25) is 13.9 Å². The molecular weight excluding hydrogens is 382 g/mol. The van der Waals surface area contributed by atoms with Crippen molar-refractivity contribution < 1.29 is 22.7 Å². The van der Waals surface area contributed by atoms with Crippen LogP contribution in [-0.2, 0) is 24.3 Å². The summed E-state index contributed by atoms with van der Waals surface area (Å²) in [7, 11) is -3.40. The highest BCUT2D eigenvalue weighted by molar-refractivity contribution is 7.93. The molecule has 2 heterocycles. The number of rotatable bonds is 4. The maximum atomic E-state index is 12.1. The number of amides is 2. The van der Waals surface area contributed by atoms with Gasteiger partial charge < -0.3 is 15.4 Å². The molecule has 1 aromatic carbocycles. The highest BCUT2D eigenvalue weighted by Gasteiger charge is 2.30. The number of halogens is 1. The third kappa shape index (κ3) is 4.28. The van der Waals surface area contributed by atoms with Crippen LogP contribution in [0.2, 0.25) is 5.02 Å². The fraction of sp³-hybridized carbons (Fsp3) is 0.500. The molecule has 0 aliphatic carbocycles. The Kier molecular flexibility index (Phi) is 5.69. The van der Waals surface area contributed by atoms with Crippen LogP contribution in [0.4, 0.5) is 11.4 Å². The number of benzene rings is 1. The zero-order valence-electron chi connectivity index (χ0n) is 14.0. The molecular formula is C16H20ClN3O5S. The molecule has 2 amide bonds. The van der Waals surface area contributed by atoms with Gasteiger partial charge in [-0.1, -0.05) is 11.6 Å². The first-order valence-corrected chi connectivity index (χ1v) is 10.4. The number of carbonyl (C=O) groups is 2. The second-order valence-electron chi connectivity index (χ2n) is 6.21. The van der Waals surface area contributed by atoms with E-state index in [0.717, 1.165) is 12.8 Å². The van der Waals surface area contributed by atoms with Crippen molar-refractivity contribution in [3.63, 3.8) is 0 Å². The lowest BCUT2D eigenvalue weighted by molar-refractivity contribution is -0.136. The van der Waals surface area contributed by atoms with E-state index < -0.39 is 21.8 Å². The Morgan fingerprint density at radius 1 is 1.27 bits per heavy atom. The molecule has 26 heavy (non-hydrogen) atoms. The van der Waals surface area contributed by atoms with E-state index in [-0.39, 0.29) is 23.4 Å². The summed E-state index contributed by atoms with van der Waals surface area (Å²) in [6.07, 6.45) is 2.25. The fourth-order valence-corrected chi connectivity index (χ4v) is 4.81. The van der Waals surface area contributed by atoms with Crippen molar-refractivity contribution in [2.75, 3.05) is 35.1 Å². The maximum Gasteiger partial charge on any atom is 0.313 e. The van der Waals surface area contributed by atoms with E-state index in [0.29, 0.717) is 30.9 Å². The fourth-order valence-electron chi connectivity index (χ4n) is 2.97. The number of anilines is 2. The molecule has 1 atom stereocenters. The lowest BCUT2D eigenvalue weighted by atomic mass is 10.2. The van der Waals surface area contributed by atoms with Crippen molar-refractivity contribution in [3.8, 4) is 0 Å². The molecule has 0 unspecified atom stereocenters. The highest BCUT2D eigenvalue weighted by atomic mass is 35.5. The molecule has 2 aliphatic heterocycles. The quantitative estimate of drug-likeness (QED) is 0.735. The zero-order valence-corrected chi connectivity index (χ0v) is 15.6. The Hall–Kier alpha value is -1.84. The van der Waals surface area contributed by atoms with Gasteiger partial charge in [0.15, 0.2) is 0 Å². The van der Waals surface area contributed by atoms with Gasteiger partial charge in [-0.15, -0.1) is 0 Å². The topological polar surface area (TPSA) is 105 Å². The molecule has 0 radical (unpaired) electrons. The normalized spacial score (nSPS) is 21.6. The predicted molar refractivity (Wildman–Crippen MR) is 97.8 cm³/mol. The number of hydrogen-bond donors (Lipinski definition) is 2.